The number of aliphatic imine (C=N–C) groups is 1. The van der Waals surface area contributed by atoms with Gasteiger partial charge in [-0.15, -0.1) is 0 Å². The number of carbonyl (C=O) groups is 1. The molecule has 64 valence electrons. The number of methoxy groups -OCH3 is 1. The summed E-state index contributed by atoms with van der Waals surface area (Å²) in [5.74, 6) is 0.374. The second kappa shape index (κ2) is 3.21. The smallest absolute Gasteiger partial charge is 0.229 e. The third-order valence-electron chi connectivity index (χ3n) is 1.51. The van der Waals surface area contributed by atoms with E-state index in [2.05, 4.69) is 11.6 Å². The molecule has 1 aliphatic rings. The molecule has 0 atom stereocenters. The summed E-state index contributed by atoms with van der Waals surface area (Å²) < 4.78 is 4.94. The van der Waals surface area contributed by atoms with E-state index in [1.807, 2.05) is 0 Å². The van der Waals surface area contributed by atoms with Gasteiger partial charge in [-0.2, -0.15) is 0 Å². The van der Waals surface area contributed by atoms with E-state index in [1.54, 1.807) is 0 Å². The monoisotopic (exact) mass is 166 g/mol. The van der Waals surface area contributed by atoms with Gasteiger partial charge >= 0.3 is 0 Å². The molecule has 1 rings (SSSR count). The highest BCUT2D eigenvalue weighted by atomic mass is 16.5. The molecule has 0 N–H and O–H groups in total. The molecular formula is C8H10N2O2. The van der Waals surface area contributed by atoms with Crippen LogP contribution < -0.4 is 0 Å². The van der Waals surface area contributed by atoms with E-state index in [4.69, 9.17) is 4.74 Å². The van der Waals surface area contributed by atoms with E-state index in [9.17, 15) is 4.79 Å². The van der Waals surface area contributed by atoms with E-state index < -0.39 is 0 Å². The van der Waals surface area contributed by atoms with Crippen LogP contribution in [0.3, 0.4) is 0 Å². The molecule has 0 fully saturated rings. The molecule has 0 aromatic heterocycles. The van der Waals surface area contributed by atoms with Gasteiger partial charge in [-0.05, 0) is 0 Å². The summed E-state index contributed by atoms with van der Waals surface area (Å²) >= 11 is 0. The first-order valence-electron chi connectivity index (χ1n) is 3.43. The molecule has 12 heavy (non-hydrogen) atoms. The van der Waals surface area contributed by atoms with Crippen LogP contribution in [0.5, 0.6) is 0 Å². The summed E-state index contributed by atoms with van der Waals surface area (Å²) in [7, 11) is 1.51. The van der Waals surface area contributed by atoms with Gasteiger partial charge in [0.05, 0.1) is 19.0 Å². The van der Waals surface area contributed by atoms with Crippen LogP contribution in [-0.2, 0) is 9.53 Å². The third kappa shape index (κ3) is 1.37. The lowest BCUT2D eigenvalue weighted by molar-refractivity contribution is -0.123. The van der Waals surface area contributed by atoms with Gasteiger partial charge in [-0.3, -0.25) is 9.69 Å². The Hall–Kier alpha value is -1.58. The molecule has 0 spiro atoms. The molecule has 0 unspecified atom stereocenters. The van der Waals surface area contributed by atoms with Crippen molar-refractivity contribution in [1.29, 1.82) is 0 Å². The Morgan fingerprint density at radius 2 is 2.42 bits per heavy atom. The molecule has 0 saturated heterocycles. The van der Waals surface area contributed by atoms with Crippen molar-refractivity contribution in [3.63, 3.8) is 0 Å². The molecule has 1 heterocycles. The van der Waals surface area contributed by atoms with Crippen molar-refractivity contribution in [3.8, 4) is 0 Å². The van der Waals surface area contributed by atoms with Gasteiger partial charge in [-0.25, -0.2) is 4.99 Å². The Kier molecular flexibility index (Phi) is 2.28. The van der Waals surface area contributed by atoms with Gasteiger partial charge in [-0.1, -0.05) is 6.58 Å². The minimum absolute atomic E-state index is 0.133. The molecule has 4 heteroatoms. The number of hydrogen-bond donors (Lipinski definition) is 0. The van der Waals surface area contributed by atoms with Crippen molar-refractivity contribution in [3.05, 3.63) is 24.2 Å². The van der Waals surface area contributed by atoms with E-state index >= 15 is 0 Å². The lowest BCUT2D eigenvalue weighted by Crippen LogP contribution is -2.28. The minimum atomic E-state index is -0.133. The van der Waals surface area contributed by atoms with E-state index in [1.165, 1.54) is 31.5 Å². The zero-order valence-electron chi connectivity index (χ0n) is 7.07. The summed E-state index contributed by atoms with van der Waals surface area (Å²) in [5, 5.41) is 0. The summed E-state index contributed by atoms with van der Waals surface area (Å²) in [4.78, 5) is 16.1. The molecule has 0 radical (unpaired) electrons. The standard InChI is InChI=1S/C8H10N2O2/c1-6-8(12-3)4-9-5-10(6)7(2)11/h4-5H,1H2,2-3H3. The van der Waals surface area contributed by atoms with Crippen LogP contribution in [0.15, 0.2) is 29.2 Å². The zero-order valence-corrected chi connectivity index (χ0v) is 7.07. The predicted molar refractivity (Wildman–Crippen MR) is 45.2 cm³/mol. The maximum absolute atomic E-state index is 11.0. The molecule has 0 aliphatic carbocycles. The fourth-order valence-corrected chi connectivity index (χ4v) is 0.872. The molecule has 1 amide bonds. The van der Waals surface area contributed by atoms with E-state index in [-0.39, 0.29) is 5.91 Å². The average molecular weight is 166 g/mol. The maximum atomic E-state index is 11.0. The molecule has 0 bridgehead atoms. The van der Waals surface area contributed by atoms with Crippen molar-refractivity contribution < 1.29 is 9.53 Å². The Balaban J connectivity index is 2.88. The third-order valence-corrected chi connectivity index (χ3v) is 1.51. The number of ether oxygens (including phenoxy) is 1. The first kappa shape index (κ1) is 8.52. The van der Waals surface area contributed by atoms with Gasteiger partial charge in [0.2, 0.25) is 5.91 Å². The summed E-state index contributed by atoms with van der Waals surface area (Å²) in [6.07, 6.45) is 2.93. The van der Waals surface area contributed by atoms with Crippen molar-refractivity contribution in [2.45, 2.75) is 6.92 Å². The quantitative estimate of drug-likeness (QED) is 0.580. The van der Waals surface area contributed by atoms with Crippen molar-refractivity contribution in [2.24, 2.45) is 4.99 Å². The number of carbonyl (C=O) groups excluding carboxylic acids is 1. The minimum Gasteiger partial charge on any atom is -0.493 e. The normalized spacial score (nSPS) is 16.0. The van der Waals surface area contributed by atoms with Crippen molar-refractivity contribution in [2.75, 3.05) is 7.11 Å². The molecule has 0 aromatic rings. The van der Waals surface area contributed by atoms with Crippen LogP contribution in [0.2, 0.25) is 0 Å². The van der Waals surface area contributed by atoms with Gasteiger partial charge in [0.15, 0.2) is 5.76 Å². The van der Waals surface area contributed by atoms with Gasteiger partial charge < -0.3 is 4.74 Å². The second-order valence-corrected chi connectivity index (χ2v) is 2.30. The Morgan fingerprint density at radius 1 is 1.75 bits per heavy atom. The first-order valence-corrected chi connectivity index (χ1v) is 3.43. The largest absolute Gasteiger partial charge is 0.493 e. The SMILES string of the molecule is C=C1C(OC)=CN=CN1C(C)=O. The molecule has 0 aromatic carbocycles. The molecule has 1 aliphatic heterocycles. The number of rotatable bonds is 1. The molecule has 0 saturated carbocycles. The molecule has 4 nitrogen and oxygen atoms in total. The number of nitrogens with zero attached hydrogens (tertiary/aromatic N) is 2. The lowest BCUT2D eigenvalue weighted by atomic mass is 10.3. The topological polar surface area (TPSA) is 41.9 Å². The van der Waals surface area contributed by atoms with Crippen LogP contribution >= 0.6 is 0 Å². The summed E-state index contributed by atoms with van der Waals surface area (Å²) in [6, 6.07) is 0. The van der Waals surface area contributed by atoms with Crippen LogP contribution in [0, 0.1) is 0 Å². The summed E-state index contributed by atoms with van der Waals surface area (Å²) in [5.41, 5.74) is 0.514. The second-order valence-electron chi connectivity index (χ2n) is 2.30. The summed E-state index contributed by atoms with van der Waals surface area (Å²) in [6.45, 7) is 5.13. The van der Waals surface area contributed by atoms with Gasteiger partial charge in [0.1, 0.15) is 6.34 Å². The lowest BCUT2D eigenvalue weighted by Gasteiger charge is -2.21. The average Bonchev–Trinajstić information content (AvgIpc) is 2.04. The van der Waals surface area contributed by atoms with Crippen molar-refractivity contribution in [1.82, 2.24) is 4.90 Å². The Morgan fingerprint density at radius 3 is 2.92 bits per heavy atom. The first-order chi connectivity index (χ1) is 5.66. The van der Waals surface area contributed by atoms with Crippen LogP contribution in [0.25, 0.3) is 0 Å². The van der Waals surface area contributed by atoms with Crippen LogP contribution in [-0.4, -0.2) is 24.3 Å². The highest BCUT2D eigenvalue weighted by Gasteiger charge is 2.17. The van der Waals surface area contributed by atoms with E-state index in [0.717, 1.165) is 0 Å². The fraction of sp³-hybridized carbons (Fsp3) is 0.250. The van der Waals surface area contributed by atoms with Gasteiger partial charge in [0, 0.05) is 6.92 Å². The van der Waals surface area contributed by atoms with E-state index in [0.29, 0.717) is 11.5 Å². The fourth-order valence-electron chi connectivity index (χ4n) is 0.872. The highest BCUT2D eigenvalue weighted by Crippen LogP contribution is 2.16. The van der Waals surface area contributed by atoms with Crippen molar-refractivity contribution >= 4 is 12.2 Å². The molecular weight excluding hydrogens is 156 g/mol. The Labute approximate surface area is 70.8 Å². The van der Waals surface area contributed by atoms with Crippen LogP contribution in [0.1, 0.15) is 6.92 Å². The maximum Gasteiger partial charge on any atom is 0.229 e. The number of hydrogen-bond acceptors (Lipinski definition) is 3. The van der Waals surface area contributed by atoms with Crippen LogP contribution in [0.4, 0.5) is 0 Å². The van der Waals surface area contributed by atoms with Gasteiger partial charge in [0.25, 0.3) is 0 Å². The number of amides is 1. The zero-order chi connectivity index (χ0) is 9.14. The highest BCUT2D eigenvalue weighted by molar-refractivity contribution is 5.89. The Bertz CT molecular complexity index is 279. The predicted octanol–water partition coefficient (Wildman–Crippen LogP) is 0.878.